The highest BCUT2D eigenvalue weighted by atomic mass is 35.5. The summed E-state index contributed by atoms with van der Waals surface area (Å²) in [5, 5.41) is 0.976. The highest BCUT2D eigenvalue weighted by Gasteiger charge is 2.21. The molecule has 1 aliphatic heterocycles. The summed E-state index contributed by atoms with van der Waals surface area (Å²) in [7, 11) is 0. The summed E-state index contributed by atoms with van der Waals surface area (Å²) in [4.78, 5) is 0. The summed E-state index contributed by atoms with van der Waals surface area (Å²) < 4.78 is 5.41. The second-order valence-electron chi connectivity index (χ2n) is 3.02. The van der Waals surface area contributed by atoms with Crippen LogP contribution in [0.4, 0.5) is 0 Å². The lowest BCUT2D eigenvalue weighted by Gasteiger charge is -2.23. The van der Waals surface area contributed by atoms with E-state index in [-0.39, 0.29) is 6.04 Å². The number of fused-ring (bicyclic) bond motifs is 1. The minimum atomic E-state index is 0.0125. The van der Waals surface area contributed by atoms with Gasteiger partial charge in [0.05, 0.1) is 11.6 Å². The van der Waals surface area contributed by atoms with E-state index >= 15 is 0 Å². The summed E-state index contributed by atoms with van der Waals surface area (Å²) in [6, 6.07) is 3.63. The average Bonchev–Trinajstić information content (AvgIpc) is 2.12. The second-order valence-corrected chi connectivity index (χ2v) is 3.81. The molecule has 0 spiro atoms. The fourth-order valence-electron chi connectivity index (χ4n) is 1.43. The van der Waals surface area contributed by atoms with Crippen molar-refractivity contribution >= 4 is 23.2 Å². The zero-order valence-corrected chi connectivity index (χ0v) is 8.40. The summed E-state index contributed by atoms with van der Waals surface area (Å²) >= 11 is 11.8. The normalized spacial score (nSPS) is 20.7. The number of nitrogens with two attached hydrogens (primary N) is 1. The number of hydrogen-bond donors (Lipinski definition) is 1. The van der Waals surface area contributed by atoms with Crippen LogP contribution in [0.3, 0.4) is 0 Å². The van der Waals surface area contributed by atoms with Gasteiger partial charge in [-0.15, -0.1) is 0 Å². The molecular weight excluding hydrogens is 209 g/mol. The smallest absolute Gasteiger partial charge is 0.144 e. The van der Waals surface area contributed by atoms with Gasteiger partial charge in [0.15, 0.2) is 0 Å². The van der Waals surface area contributed by atoms with Crippen molar-refractivity contribution < 1.29 is 4.74 Å². The topological polar surface area (TPSA) is 35.2 Å². The number of ether oxygens (including phenoxy) is 1. The van der Waals surface area contributed by atoms with Gasteiger partial charge in [-0.05, 0) is 6.07 Å². The third-order valence-electron chi connectivity index (χ3n) is 2.16. The lowest BCUT2D eigenvalue weighted by molar-refractivity contribution is 0.269. The van der Waals surface area contributed by atoms with Crippen molar-refractivity contribution in [3.05, 3.63) is 27.7 Å². The molecule has 1 unspecified atom stereocenters. The Labute approximate surface area is 86.6 Å². The molecule has 0 fully saturated rings. The molecule has 13 heavy (non-hydrogen) atoms. The summed E-state index contributed by atoms with van der Waals surface area (Å²) in [6.07, 6.45) is 0.824. The molecule has 2 N–H and O–H groups in total. The molecule has 1 heterocycles. The predicted octanol–water partition coefficient (Wildman–Crippen LogP) is 2.78. The number of benzene rings is 1. The maximum absolute atomic E-state index is 5.96. The van der Waals surface area contributed by atoms with Gasteiger partial charge in [0.2, 0.25) is 0 Å². The van der Waals surface area contributed by atoms with Crippen molar-refractivity contribution in [3.63, 3.8) is 0 Å². The van der Waals surface area contributed by atoms with E-state index in [1.807, 2.05) is 6.07 Å². The van der Waals surface area contributed by atoms with Crippen molar-refractivity contribution in [2.75, 3.05) is 6.61 Å². The lowest BCUT2D eigenvalue weighted by Crippen LogP contribution is -2.20. The number of hydrogen-bond acceptors (Lipinski definition) is 2. The van der Waals surface area contributed by atoms with Gasteiger partial charge in [-0.1, -0.05) is 29.3 Å². The molecule has 0 aliphatic carbocycles. The molecule has 0 radical (unpaired) electrons. The van der Waals surface area contributed by atoms with Crippen molar-refractivity contribution in [1.29, 1.82) is 0 Å². The van der Waals surface area contributed by atoms with E-state index in [4.69, 9.17) is 33.7 Å². The molecule has 2 nitrogen and oxygen atoms in total. The molecule has 4 heteroatoms. The van der Waals surface area contributed by atoms with Gasteiger partial charge in [-0.25, -0.2) is 0 Å². The fourth-order valence-corrected chi connectivity index (χ4v) is 1.80. The van der Waals surface area contributed by atoms with Crippen LogP contribution in [0.15, 0.2) is 12.1 Å². The predicted molar refractivity (Wildman–Crippen MR) is 53.5 cm³/mol. The molecule has 0 amide bonds. The maximum atomic E-state index is 5.96. The Kier molecular flexibility index (Phi) is 2.37. The second kappa shape index (κ2) is 3.37. The van der Waals surface area contributed by atoms with Crippen molar-refractivity contribution in [2.24, 2.45) is 5.73 Å². The molecule has 0 aromatic heterocycles. The first-order valence-electron chi connectivity index (χ1n) is 4.06. The van der Waals surface area contributed by atoms with E-state index in [0.717, 1.165) is 12.0 Å². The first-order valence-corrected chi connectivity index (χ1v) is 4.82. The van der Waals surface area contributed by atoms with Crippen LogP contribution in [0.2, 0.25) is 10.0 Å². The quantitative estimate of drug-likeness (QED) is 0.726. The molecule has 2 rings (SSSR count). The van der Waals surface area contributed by atoms with Gasteiger partial charge in [0.25, 0.3) is 0 Å². The van der Waals surface area contributed by atoms with Gasteiger partial charge in [-0.2, -0.15) is 0 Å². The van der Waals surface area contributed by atoms with E-state index in [0.29, 0.717) is 22.4 Å². The van der Waals surface area contributed by atoms with Crippen LogP contribution in [-0.2, 0) is 0 Å². The Morgan fingerprint density at radius 2 is 2.15 bits per heavy atom. The Morgan fingerprint density at radius 1 is 1.38 bits per heavy atom. The molecule has 1 aromatic carbocycles. The standard InChI is InChI=1S/C9H9Cl2NO/c10-6-2-1-5-7(12)3-4-13-9(5)8(6)11/h1-2,7H,3-4,12H2. The average molecular weight is 218 g/mol. The van der Waals surface area contributed by atoms with Crippen molar-refractivity contribution in [1.82, 2.24) is 0 Å². The van der Waals surface area contributed by atoms with Crippen molar-refractivity contribution in [3.8, 4) is 5.75 Å². The molecule has 1 aromatic rings. The maximum Gasteiger partial charge on any atom is 0.144 e. The molecule has 0 saturated heterocycles. The molecule has 1 aliphatic rings. The van der Waals surface area contributed by atoms with E-state index in [2.05, 4.69) is 0 Å². The first-order chi connectivity index (χ1) is 6.20. The Morgan fingerprint density at radius 3 is 2.92 bits per heavy atom. The first kappa shape index (κ1) is 9.13. The minimum absolute atomic E-state index is 0.0125. The third kappa shape index (κ3) is 1.50. The summed E-state index contributed by atoms with van der Waals surface area (Å²) in [5.74, 6) is 0.646. The Balaban J connectivity index is 2.56. The van der Waals surface area contributed by atoms with Gasteiger partial charge in [0, 0.05) is 18.0 Å². The fraction of sp³-hybridized carbons (Fsp3) is 0.333. The van der Waals surface area contributed by atoms with E-state index in [1.54, 1.807) is 6.07 Å². The van der Waals surface area contributed by atoms with Crippen LogP contribution in [0.5, 0.6) is 5.75 Å². The van der Waals surface area contributed by atoms with E-state index in [9.17, 15) is 0 Å². The van der Waals surface area contributed by atoms with Crippen LogP contribution in [0, 0.1) is 0 Å². The van der Waals surface area contributed by atoms with Crippen molar-refractivity contribution in [2.45, 2.75) is 12.5 Å². The molecule has 0 saturated carbocycles. The van der Waals surface area contributed by atoms with Crippen LogP contribution in [0.1, 0.15) is 18.0 Å². The van der Waals surface area contributed by atoms with E-state index < -0.39 is 0 Å². The van der Waals surface area contributed by atoms with Gasteiger partial charge >= 0.3 is 0 Å². The summed E-state index contributed by atoms with van der Waals surface area (Å²) in [5.41, 5.74) is 6.83. The summed E-state index contributed by atoms with van der Waals surface area (Å²) in [6.45, 7) is 0.605. The molecule has 70 valence electrons. The zero-order valence-electron chi connectivity index (χ0n) is 6.89. The molecule has 1 atom stereocenters. The Hall–Kier alpha value is -0.440. The molecular formula is C9H9Cl2NO. The number of halogens is 2. The van der Waals surface area contributed by atoms with Crippen LogP contribution >= 0.6 is 23.2 Å². The third-order valence-corrected chi connectivity index (χ3v) is 2.94. The largest absolute Gasteiger partial charge is 0.492 e. The van der Waals surface area contributed by atoms with Gasteiger partial charge < -0.3 is 10.5 Å². The van der Waals surface area contributed by atoms with Crippen LogP contribution in [-0.4, -0.2) is 6.61 Å². The lowest BCUT2D eigenvalue weighted by atomic mass is 10.0. The van der Waals surface area contributed by atoms with Crippen LogP contribution in [0.25, 0.3) is 0 Å². The minimum Gasteiger partial charge on any atom is -0.492 e. The monoisotopic (exact) mass is 217 g/mol. The number of rotatable bonds is 0. The Bertz CT molecular complexity index is 341. The zero-order chi connectivity index (χ0) is 9.42. The SMILES string of the molecule is NC1CCOc2c1ccc(Cl)c2Cl. The highest BCUT2D eigenvalue weighted by Crippen LogP contribution is 2.40. The van der Waals surface area contributed by atoms with Gasteiger partial charge in [-0.3, -0.25) is 0 Å². The van der Waals surface area contributed by atoms with Crippen LogP contribution < -0.4 is 10.5 Å². The molecule has 0 bridgehead atoms. The van der Waals surface area contributed by atoms with Gasteiger partial charge in [0.1, 0.15) is 10.8 Å². The highest BCUT2D eigenvalue weighted by molar-refractivity contribution is 6.43. The van der Waals surface area contributed by atoms with E-state index in [1.165, 1.54) is 0 Å².